The fourth-order valence-corrected chi connectivity index (χ4v) is 5.27. The predicted octanol–water partition coefficient (Wildman–Crippen LogP) is 3.48. The van der Waals surface area contributed by atoms with Gasteiger partial charge in [-0.05, 0) is 52.0 Å². The van der Waals surface area contributed by atoms with Crippen LogP contribution in [0.5, 0.6) is 0 Å². The largest absolute Gasteiger partial charge is 0.481 e. The summed E-state index contributed by atoms with van der Waals surface area (Å²) in [7, 11) is 1.59. The number of hydrogen-bond acceptors (Lipinski definition) is 6. The lowest BCUT2D eigenvalue weighted by Crippen LogP contribution is -2.38. The second-order valence-electron chi connectivity index (χ2n) is 10.3. The van der Waals surface area contributed by atoms with Gasteiger partial charge in [0.25, 0.3) is 0 Å². The molecule has 2 rings (SSSR count). The van der Waals surface area contributed by atoms with E-state index in [9.17, 15) is 15.0 Å². The topological polar surface area (TPSA) is 109 Å². The van der Waals surface area contributed by atoms with Crippen molar-refractivity contribution in [3.63, 3.8) is 0 Å². The molecule has 9 atom stereocenters. The van der Waals surface area contributed by atoms with Crippen LogP contribution in [-0.4, -0.2) is 70.1 Å². The van der Waals surface area contributed by atoms with Crippen molar-refractivity contribution in [1.29, 1.82) is 0 Å². The van der Waals surface area contributed by atoms with Gasteiger partial charge >= 0.3 is 5.97 Å². The van der Waals surface area contributed by atoms with Gasteiger partial charge in [-0.3, -0.25) is 4.79 Å². The van der Waals surface area contributed by atoms with E-state index in [1.54, 1.807) is 27.0 Å². The van der Waals surface area contributed by atoms with E-state index in [0.29, 0.717) is 12.3 Å². The molecule has 0 aromatic heterocycles. The quantitative estimate of drug-likeness (QED) is 0.324. The molecule has 32 heavy (non-hydrogen) atoms. The van der Waals surface area contributed by atoms with Crippen LogP contribution in [0.4, 0.5) is 0 Å². The first kappa shape index (κ1) is 27.0. The van der Waals surface area contributed by atoms with Gasteiger partial charge in [-0.1, -0.05) is 32.1 Å². The maximum Gasteiger partial charge on any atom is 0.305 e. The third kappa shape index (κ3) is 7.12. The predicted molar refractivity (Wildman–Crippen MR) is 122 cm³/mol. The monoisotopic (exact) mass is 454 g/mol. The number of carboxylic acids is 1. The van der Waals surface area contributed by atoms with Crippen LogP contribution < -0.4 is 0 Å². The van der Waals surface area contributed by atoms with Crippen LogP contribution in [0.2, 0.25) is 0 Å². The number of aliphatic carboxylic acids is 1. The zero-order valence-electron chi connectivity index (χ0n) is 20.6. The van der Waals surface area contributed by atoms with Crippen LogP contribution in [0.15, 0.2) is 23.8 Å². The van der Waals surface area contributed by atoms with Crippen molar-refractivity contribution in [2.24, 2.45) is 11.8 Å². The third-order valence-corrected chi connectivity index (χ3v) is 6.86. The first-order chi connectivity index (χ1) is 14.8. The van der Waals surface area contributed by atoms with Crippen LogP contribution in [0.25, 0.3) is 0 Å². The van der Waals surface area contributed by atoms with Crippen LogP contribution in [-0.2, 0) is 19.0 Å². The van der Waals surface area contributed by atoms with Crippen molar-refractivity contribution in [2.75, 3.05) is 7.11 Å². The number of aliphatic hydroxyl groups is 2. The molecule has 0 saturated carbocycles. The van der Waals surface area contributed by atoms with Gasteiger partial charge in [0.05, 0.1) is 48.1 Å². The van der Waals surface area contributed by atoms with E-state index in [0.717, 1.165) is 18.4 Å². The molecule has 7 nitrogen and oxygen atoms in total. The SMILES string of the molecule is CO[C@H]([C@@H](C)[C@H]1O[C@]1(C)C[C@@](C)(O)/C=C/C=C(\C)[C@H]1O[C@@H](CC(=O)O)CC[C@@H]1C)[C@@H](C)O. The summed E-state index contributed by atoms with van der Waals surface area (Å²) in [4.78, 5) is 11.0. The van der Waals surface area contributed by atoms with Gasteiger partial charge in [0.2, 0.25) is 0 Å². The molecule has 2 fully saturated rings. The molecular weight excluding hydrogens is 412 g/mol. The van der Waals surface area contributed by atoms with Gasteiger partial charge in [0.1, 0.15) is 0 Å². The average molecular weight is 455 g/mol. The zero-order valence-corrected chi connectivity index (χ0v) is 20.6. The molecule has 2 aliphatic rings. The van der Waals surface area contributed by atoms with Crippen molar-refractivity contribution in [2.45, 2.75) is 109 Å². The first-order valence-corrected chi connectivity index (χ1v) is 11.6. The Kier molecular flexibility index (Phi) is 9.10. The highest BCUT2D eigenvalue weighted by Gasteiger charge is 2.58. The standard InChI is InChI=1S/C25H42O7/c1-15(21-16(2)10-11-19(31-21)13-20(27)28)9-8-12-24(5,29)14-25(6)23(32-25)17(3)22(30-7)18(4)26/h8-9,12,16-19,21-23,26,29H,10-11,13-14H2,1-7H3,(H,27,28)/b12-8+,15-9+/t16-,17+,18+,19+,21+,22+,23+,24-,25+/m0/s1. The Labute approximate surface area is 192 Å². The molecule has 2 heterocycles. The zero-order chi connectivity index (χ0) is 24.3. The minimum atomic E-state index is -1.07. The van der Waals surface area contributed by atoms with Crippen molar-refractivity contribution in [3.05, 3.63) is 23.8 Å². The number of methoxy groups -OCH3 is 1. The van der Waals surface area contributed by atoms with Crippen LogP contribution >= 0.6 is 0 Å². The molecule has 0 bridgehead atoms. The molecule has 0 aliphatic carbocycles. The Morgan fingerprint density at radius 1 is 1.34 bits per heavy atom. The fourth-order valence-electron chi connectivity index (χ4n) is 5.27. The van der Waals surface area contributed by atoms with Crippen molar-refractivity contribution in [1.82, 2.24) is 0 Å². The molecule has 184 valence electrons. The minimum Gasteiger partial charge on any atom is -0.481 e. The maximum atomic E-state index is 11.0. The van der Waals surface area contributed by atoms with E-state index in [1.807, 2.05) is 32.9 Å². The average Bonchev–Trinajstić information content (AvgIpc) is 3.32. The van der Waals surface area contributed by atoms with Gasteiger partial charge in [0, 0.05) is 19.4 Å². The van der Waals surface area contributed by atoms with Crippen molar-refractivity contribution >= 4 is 5.97 Å². The highest BCUT2D eigenvalue weighted by Crippen LogP contribution is 2.48. The van der Waals surface area contributed by atoms with Crippen LogP contribution in [0, 0.1) is 11.8 Å². The summed E-state index contributed by atoms with van der Waals surface area (Å²) in [5.74, 6) is -0.529. The van der Waals surface area contributed by atoms with Gasteiger partial charge < -0.3 is 29.5 Å². The van der Waals surface area contributed by atoms with Gasteiger partial charge in [0.15, 0.2) is 0 Å². The Bertz CT molecular complexity index is 698. The minimum absolute atomic E-state index is 0.00407. The highest BCUT2D eigenvalue weighted by molar-refractivity contribution is 5.67. The molecule has 0 aromatic rings. The van der Waals surface area contributed by atoms with Gasteiger partial charge in [-0.25, -0.2) is 0 Å². The molecule has 0 amide bonds. The molecule has 0 spiro atoms. The normalized spacial score (nSPS) is 35.8. The second-order valence-corrected chi connectivity index (χ2v) is 10.3. The Morgan fingerprint density at radius 2 is 2.00 bits per heavy atom. The molecule has 0 unspecified atom stereocenters. The van der Waals surface area contributed by atoms with Gasteiger partial charge in [-0.15, -0.1) is 0 Å². The highest BCUT2D eigenvalue weighted by atomic mass is 16.6. The van der Waals surface area contributed by atoms with E-state index in [4.69, 9.17) is 19.3 Å². The number of aliphatic hydroxyl groups excluding tert-OH is 1. The molecule has 2 saturated heterocycles. The number of epoxide rings is 1. The summed E-state index contributed by atoms with van der Waals surface area (Å²) in [6, 6.07) is 0. The Morgan fingerprint density at radius 3 is 2.56 bits per heavy atom. The van der Waals surface area contributed by atoms with Crippen molar-refractivity contribution < 1.29 is 34.3 Å². The molecule has 0 radical (unpaired) electrons. The lowest BCUT2D eigenvalue weighted by atomic mass is 9.84. The summed E-state index contributed by atoms with van der Waals surface area (Å²) < 4.78 is 17.4. The smallest absolute Gasteiger partial charge is 0.305 e. The summed E-state index contributed by atoms with van der Waals surface area (Å²) in [6.07, 6.45) is 6.27. The van der Waals surface area contributed by atoms with Gasteiger partial charge in [-0.2, -0.15) is 0 Å². The van der Waals surface area contributed by atoms with E-state index in [1.165, 1.54) is 0 Å². The third-order valence-electron chi connectivity index (χ3n) is 6.86. The summed E-state index contributed by atoms with van der Waals surface area (Å²) >= 11 is 0. The van der Waals surface area contributed by atoms with E-state index in [-0.39, 0.29) is 36.8 Å². The van der Waals surface area contributed by atoms with Crippen LogP contribution in [0.1, 0.15) is 67.2 Å². The maximum absolute atomic E-state index is 11.0. The first-order valence-electron chi connectivity index (χ1n) is 11.6. The fraction of sp³-hybridized carbons (Fsp3) is 0.800. The van der Waals surface area contributed by atoms with E-state index < -0.39 is 23.3 Å². The number of allylic oxidation sites excluding steroid dienone is 2. The molecule has 2 aliphatic heterocycles. The molecular formula is C25H42O7. The van der Waals surface area contributed by atoms with Crippen molar-refractivity contribution in [3.8, 4) is 0 Å². The lowest BCUT2D eigenvalue weighted by molar-refractivity contribution is -0.143. The number of hydrogen-bond donors (Lipinski definition) is 3. The van der Waals surface area contributed by atoms with E-state index in [2.05, 4.69) is 6.92 Å². The number of carbonyl (C=O) groups is 1. The molecule has 3 N–H and O–H groups in total. The second kappa shape index (κ2) is 10.8. The Balaban J connectivity index is 1.97. The van der Waals surface area contributed by atoms with Crippen LogP contribution in [0.3, 0.4) is 0 Å². The summed E-state index contributed by atoms with van der Waals surface area (Å²) in [5.41, 5.74) is -0.541. The lowest BCUT2D eigenvalue weighted by Gasteiger charge is -2.35. The summed E-state index contributed by atoms with van der Waals surface area (Å²) in [6.45, 7) is 11.5. The van der Waals surface area contributed by atoms with E-state index >= 15 is 0 Å². The number of rotatable bonds is 11. The molecule has 0 aromatic carbocycles. The summed E-state index contributed by atoms with van der Waals surface area (Å²) in [5, 5.41) is 29.9. The number of ether oxygens (including phenoxy) is 3. The number of carboxylic acid groups (broad SMARTS) is 1. The molecule has 7 heteroatoms. The Hall–Kier alpha value is -1.25.